The zero-order chi connectivity index (χ0) is 12.5. The standard InChI is InChI=1S/C12H18N2O2S/c1-9-5-4-7-11(9)14-17(15,16)12-8-3-2-6-10(12)13/h2-3,6,8-9,11,14H,4-5,7,13H2,1H3. The third kappa shape index (κ3) is 2.61. The molecule has 2 rings (SSSR count). The zero-order valence-corrected chi connectivity index (χ0v) is 10.7. The first-order valence-electron chi connectivity index (χ1n) is 5.87. The van der Waals surface area contributed by atoms with Crippen LogP contribution in [0.1, 0.15) is 26.2 Å². The third-order valence-corrected chi connectivity index (χ3v) is 4.94. The molecule has 1 aliphatic rings. The van der Waals surface area contributed by atoms with Crippen LogP contribution in [0.2, 0.25) is 0 Å². The molecular weight excluding hydrogens is 236 g/mol. The highest BCUT2D eigenvalue weighted by Gasteiger charge is 2.28. The largest absolute Gasteiger partial charge is 0.398 e. The Morgan fingerprint density at radius 1 is 1.29 bits per heavy atom. The van der Waals surface area contributed by atoms with Gasteiger partial charge in [0.05, 0.1) is 5.69 Å². The average molecular weight is 254 g/mol. The molecule has 4 nitrogen and oxygen atoms in total. The maximum absolute atomic E-state index is 12.2. The van der Waals surface area contributed by atoms with Gasteiger partial charge in [-0.05, 0) is 30.9 Å². The molecule has 1 aromatic carbocycles. The average Bonchev–Trinajstić information content (AvgIpc) is 2.64. The molecule has 1 saturated carbocycles. The van der Waals surface area contributed by atoms with E-state index in [0.29, 0.717) is 11.6 Å². The number of nitrogens with one attached hydrogen (secondary N) is 1. The molecule has 0 heterocycles. The first kappa shape index (κ1) is 12.4. The minimum atomic E-state index is -3.48. The van der Waals surface area contributed by atoms with Crippen LogP contribution in [-0.4, -0.2) is 14.5 Å². The summed E-state index contributed by atoms with van der Waals surface area (Å²) in [7, 11) is -3.48. The lowest BCUT2D eigenvalue weighted by Gasteiger charge is -2.18. The van der Waals surface area contributed by atoms with Gasteiger partial charge < -0.3 is 5.73 Å². The van der Waals surface area contributed by atoms with Crippen LogP contribution in [0.5, 0.6) is 0 Å². The van der Waals surface area contributed by atoms with Crippen LogP contribution in [0.15, 0.2) is 29.2 Å². The van der Waals surface area contributed by atoms with Crippen molar-refractivity contribution in [3.05, 3.63) is 24.3 Å². The molecule has 1 aliphatic carbocycles. The summed E-state index contributed by atoms with van der Waals surface area (Å²) < 4.78 is 27.1. The summed E-state index contributed by atoms with van der Waals surface area (Å²) in [5, 5.41) is 0. The molecule has 0 spiro atoms. The van der Waals surface area contributed by atoms with Crippen molar-refractivity contribution in [1.82, 2.24) is 4.72 Å². The van der Waals surface area contributed by atoms with Crippen LogP contribution in [0.25, 0.3) is 0 Å². The molecule has 0 aliphatic heterocycles. The monoisotopic (exact) mass is 254 g/mol. The van der Waals surface area contributed by atoms with Gasteiger partial charge >= 0.3 is 0 Å². The summed E-state index contributed by atoms with van der Waals surface area (Å²) in [6.45, 7) is 2.08. The Morgan fingerprint density at radius 3 is 2.59 bits per heavy atom. The number of nitrogens with two attached hydrogens (primary N) is 1. The van der Waals surface area contributed by atoms with E-state index in [0.717, 1.165) is 19.3 Å². The molecule has 0 aromatic heterocycles. The van der Waals surface area contributed by atoms with Crippen LogP contribution in [-0.2, 0) is 10.0 Å². The Balaban J connectivity index is 2.22. The minimum absolute atomic E-state index is 0.0413. The van der Waals surface area contributed by atoms with Crippen LogP contribution in [0, 0.1) is 5.92 Å². The van der Waals surface area contributed by atoms with E-state index in [4.69, 9.17) is 5.73 Å². The highest BCUT2D eigenvalue weighted by Crippen LogP contribution is 2.27. The van der Waals surface area contributed by atoms with E-state index in [1.807, 2.05) is 0 Å². The second-order valence-electron chi connectivity index (χ2n) is 4.67. The Hall–Kier alpha value is -1.07. The summed E-state index contributed by atoms with van der Waals surface area (Å²) in [4.78, 5) is 0.180. The van der Waals surface area contributed by atoms with Gasteiger partial charge in [-0.1, -0.05) is 25.5 Å². The smallest absolute Gasteiger partial charge is 0.242 e. The quantitative estimate of drug-likeness (QED) is 0.807. The van der Waals surface area contributed by atoms with Crippen molar-refractivity contribution in [2.75, 3.05) is 5.73 Å². The summed E-state index contributed by atoms with van der Waals surface area (Å²) in [6, 6.07) is 6.60. The summed E-state index contributed by atoms with van der Waals surface area (Å²) in [5.41, 5.74) is 5.99. The number of rotatable bonds is 3. The van der Waals surface area contributed by atoms with E-state index in [-0.39, 0.29) is 10.9 Å². The molecule has 0 saturated heterocycles. The molecular formula is C12H18N2O2S. The Bertz CT molecular complexity index is 499. The fourth-order valence-corrected chi connectivity index (χ4v) is 3.82. The van der Waals surface area contributed by atoms with Crippen molar-refractivity contribution >= 4 is 15.7 Å². The predicted octanol–water partition coefficient (Wildman–Crippen LogP) is 1.74. The van der Waals surface area contributed by atoms with Gasteiger partial charge in [-0.25, -0.2) is 13.1 Å². The summed E-state index contributed by atoms with van der Waals surface area (Å²) in [6.07, 6.45) is 3.07. The second kappa shape index (κ2) is 4.66. The zero-order valence-electron chi connectivity index (χ0n) is 9.89. The first-order valence-corrected chi connectivity index (χ1v) is 7.36. The van der Waals surface area contributed by atoms with Gasteiger partial charge in [0.2, 0.25) is 10.0 Å². The van der Waals surface area contributed by atoms with Crippen molar-refractivity contribution in [1.29, 1.82) is 0 Å². The molecule has 5 heteroatoms. The van der Waals surface area contributed by atoms with Crippen LogP contribution >= 0.6 is 0 Å². The Morgan fingerprint density at radius 2 is 2.00 bits per heavy atom. The first-order chi connectivity index (χ1) is 8.00. The highest BCUT2D eigenvalue weighted by atomic mass is 32.2. The Labute approximate surface area is 102 Å². The lowest BCUT2D eigenvalue weighted by Crippen LogP contribution is -2.36. The third-order valence-electron chi connectivity index (χ3n) is 3.38. The summed E-state index contributed by atoms with van der Waals surface area (Å²) >= 11 is 0. The molecule has 3 N–H and O–H groups in total. The predicted molar refractivity (Wildman–Crippen MR) is 68.0 cm³/mol. The fourth-order valence-electron chi connectivity index (χ4n) is 2.31. The molecule has 2 unspecified atom stereocenters. The van der Waals surface area contributed by atoms with Gasteiger partial charge in [0.1, 0.15) is 4.90 Å². The van der Waals surface area contributed by atoms with Crippen LogP contribution in [0.4, 0.5) is 5.69 Å². The van der Waals surface area contributed by atoms with Crippen molar-refractivity contribution in [2.24, 2.45) is 5.92 Å². The fraction of sp³-hybridized carbons (Fsp3) is 0.500. The van der Waals surface area contributed by atoms with E-state index in [9.17, 15) is 8.42 Å². The number of anilines is 1. The SMILES string of the molecule is CC1CCCC1NS(=O)(=O)c1ccccc1N. The maximum atomic E-state index is 12.2. The van der Waals surface area contributed by atoms with Gasteiger partial charge in [-0.3, -0.25) is 0 Å². The van der Waals surface area contributed by atoms with Gasteiger partial charge in [0.15, 0.2) is 0 Å². The molecule has 94 valence electrons. The van der Waals surface area contributed by atoms with E-state index in [2.05, 4.69) is 11.6 Å². The van der Waals surface area contributed by atoms with Crippen molar-refractivity contribution in [3.63, 3.8) is 0 Å². The molecule has 0 radical (unpaired) electrons. The molecule has 17 heavy (non-hydrogen) atoms. The lowest BCUT2D eigenvalue weighted by atomic mass is 10.1. The molecule has 0 amide bonds. The van der Waals surface area contributed by atoms with Crippen molar-refractivity contribution in [3.8, 4) is 0 Å². The highest BCUT2D eigenvalue weighted by molar-refractivity contribution is 7.89. The molecule has 0 bridgehead atoms. The van der Waals surface area contributed by atoms with Gasteiger partial charge in [0, 0.05) is 6.04 Å². The van der Waals surface area contributed by atoms with Crippen LogP contribution in [0.3, 0.4) is 0 Å². The van der Waals surface area contributed by atoms with E-state index < -0.39 is 10.0 Å². The van der Waals surface area contributed by atoms with Gasteiger partial charge in [0.25, 0.3) is 0 Å². The second-order valence-corrected chi connectivity index (χ2v) is 6.36. The minimum Gasteiger partial charge on any atom is -0.398 e. The molecule has 2 atom stereocenters. The Kier molecular flexibility index (Phi) is 3.40. The van der Waals surface area contributed by atoms with Crippen molar-refractivity contribution < 1.29 is 8.42 Å². The molecule has 1 aromatic rings. The lowest BCUT2D eigenvalue weighted by molar-refractivity contribution is 0.476. The number of nitrogen functional groups attached to an aromatic ring is 1. The maximum Gasteiger partial charge on any atom is 0.242 e. The van der Waals surface area contributed by atoms with E-state index in [1.54, 1.807) is 18.2 Å². The summed E-state index contributed by atoms with van der Waals surface area (Å²) in [5.74, 6) is 0.398. The van der Waals surface area contributed by atoms with Gasteiger partial charge in [-0.15, -0.1) is 0 Å². The number of benzene rings is 1. The number of para-hydroxylation sites is 1. The normalized spacial score (nSPS) is 25.0. The number of sulfonamides is 1. The topological polar surface area (TPSA) is 72.2 Å². The number of hydrogen-bond donors (Lipinski definition) is 2. The van der Waals surface area contributed by atoms with E-state index >= 15 is 0 Å². The van der Waals surface area contributed by atoms with Crippen LogP contribution < -0.4 is 10.5 Å². The van der Waals surface area contributed by atoms with Gasteiger partial charge in [-0.2, -0.15) is 0 Å². The van der Waals surface area contributed by atoms with E-state index in [1.165, 1.54) is 6.07 Å². The molecule has 1 fully saturated rings. The van der Waals surface area contributed by atoms with Crippen molar-refractivity contribution in [2.45, 2.75) is 37.1 Å². The number of hydrogen-bond acceptors (Lipinski definition) is 3.